The normalized spacial score (nSPS) is 10.7. The number of rotatable bonds is 6. The number of benzene rings is 2. The van der Waals surface area contributed by atoms with Crippen molar-refractivity contribution in [2.75, 3.05) is 6.54 Å². The predicted molar refractivity (Wildman–Crippen MR) is 92.7 cm³/mol. The fourth-order valence-corrected chi connectivity index (χ4v) is 2.50. The molecular weight excluding hydrogens is 373 g/mol. The Morgan fingerprint density at radius 3 is 2.67 bits per heavy atom. The van der Waals surface area contributed by atoms with Gasteiger partial charge in [0.05, 0.1) is 5.02 Å². The second-order valence-corrected chi connectivity index (χ2v) is 6.36. The van der Waals surface area contributed by atoms with Crippen molar-refractivity contribution in [3.63, 3.8) is 0 Å². The lowest BCUT2D eigenvalue weighted by Gasteiger charge is -2.13. The van der Waals surface area contributed by atoms with Crippen molar-refractivity contribution < 1.29 is 4.74 Å². The lowest BCUT2D eigenvalue weighted by atomic mass is 10.2. The maximum Gasteiger partial charge on any atom is 0.147 e. The highest BCUT2D eigenvalue weighted by Crippen LogP contribution is 2.34. The maximum atomic E-state index is 6.17. The van der Waals surface area contributed by atoms with Crippen LogP contribution in [-0.4, -0.2) is 6.54 Å². The van der Waals surface area contributed by atoms with E-state index in [1.807, 2.05) is 30.3 Å². The number of hydrogen-bond acceptors (Lipinski definition) is 2. The van der Waals surface area contributed by atoms with Crippen LogP contribution in [0.5, 0.6) is 11.5 Å². The van der Waals surface area contributed by atoms with Gasteiger partial charge < -0.3 is 10.1 Å². The third-order valence-corrected chi connectivity index (χ3v) is 3.93. The Labute approximate surface area is 143 Å². The maximum absolute atomic E-state index is 6.17. The van der Waals surface area contributed by atoms with Gasteiger partial charge in [0, 0.05) is 21.6 Å². The third kappa shape index (κ3) is 4.89. The zero-order valence-corrected chi connectivity index (χ0v) is 14.7. The molecular formula is C16H16BrCl2NO. The first-order valence-electron chi connectivity index (χ1n) is 6.72. The minimum Gasteiger partial charge on any atom is -0.455 e. The van der Waals surface area contributed by atoms with Crippen molar-refractivity contribution in [1.29, 1.82) is 0 Å². The highest BCUT2D eigenvalue weighted by molar-refractivity contribution is 9.10. The van der Waals surface area contributed by atoms with Crippen LogP contribution < -0.4 is 10.1 Å². The molecule has 2 aromatic carbocycles. The summed E-state index contributed by atoms with van der Waals surface area (Å²) in [6.45, 7) is 3.82. The Morgan fingerprint density at radius 1 is 1.10 bits per heavy atom. The van der Waals surface area contributed by atoms with Crippen LogP contribution in [0.2, 0.25) is 10.0 Å². The fraction of sp³-hybridized carbons (Fsp3) is 0.250. The van der Waals surface area contributed by atoms with Crippen molar-refractivity contribution in [2.24, 2.45) is 0 Å². The Hall–Kier alpha value is -0.740. The minimum atomic E-state index is 0.561. The molecule has 21 heavy (non-hydrogen) atoms. The molecule has 0 saturated heterocycles. The van der Waals surface area contributed by atoms with Crippen LogP contribution >= 0.6 is 39.1 Å². The second kappa shape index (κ2) is 8.04. The van der Waals surface area contributed by atoms with Gasteiger partial charge in [-0.3, -0.25) is 0 Å². The van der Waals surface area contributed by atoms with Gasteiger partial charge in [0.1, 0.15) is 11.5 Å². The van der Waals surface area contributed by atoms with Crippen molar-refractivity contribution in [3.05, 3.63) is 56.5 Å². The van der Waals surface area contributed by atoms with E-state index in [1.54, 1.807) is 6.07 Å². The van der Waals surface area contributed by atoms with Crippen LogP contribution in [0.1, 0.15) is 18.9 Å². The summed E-state index contributed by atoms with van der Waals surface area (Å²) in [5, 5.41) is 4.55. The Bertz CT molecular complexity index is 619. The van der Waals surface area contributed by atoms with E-state index in [2.05, 4.69) is 28.2 Å². The Kier molecular flexibility index (Phi) is 6.37. The molecule has 1 N–H and O–H groups in total. The van der Waals surface area contributed by atoms with Gasteiger partial charge in [-0.15, -0.1) is 0 Å². The highest BCUT2D eigenvalue weighted by Gasteiger charge is 2.09. The van der Waals surface area contributed by atoms with Crippen molar-refractivity contribution >= 4 is 39.1 Å². The molecule has 0 heterocycles. The molecule has 0 aromatic heterocycles. The monoisotopic (exact) mass is 387 g/mol. The molecule has 0 spiro atoms. The highest BCUT2D eigenvalue weighted by atomic mass is 79.9. The lowest BCUT2D eigenvalue weighted by molar-refractivity contribution is 0.472. The smallest absolute Gasteiger partial charge is 0.147 e. The van der Waals surface area contributed by atoms with E-state index in [1.165, 1.54) is 0 Å². The van der Waals surface area contributed by atoms with Crippen LogP contribution in [0.25, 0.3) is 0 Å². The number of nitrogens with one attached hydrogen (secondary N) is 1. The lowest BCUT2D eigenvalue weighted by Crippen LogP contribution is -2.14. The van der Waals surface area contributed by atoms with Gasteiger partial charge in [-0.2, -0.15) is 0 Å². The summed E-state index contributed by atoms with van der Waals surface area (Å²) in [6, 6.07) is 11.1. The Morgan fingerprint density at radius 2 is 1.90 bits per heavy atom. The zero-order valence-electron chi connectivity index (χ0n) is 11.6. The topological polar surface area (TPSA) is 21.3 Å². The quantitative estimate of drug-likeness (QED) is 0.608. The molecule has 0 amide bonds. The standard InChI is InChI=1S/C16H16BrCl2NO/c1-2-7-20-10-11-3-5-13(18)9-15(11)21-16-8-12(17)4-6-14(16)19/h3-6,8-9,20H,2,7,10H2,1H3. The SMILES string of the molecule is CCCNCc1ccc(Cl)cc1Oc1cc(Br)ccc1Cl. The molecule has 2 aromatic rings. The van der Waals surface area contributed by atoms with E-state index in [-0.39, 0.29) is 0 Å². The van der Waals surface area contributed by atoms with Crippen molar-refractivity contribution in [1.82, 2.24) is 5.32 Å². The summed E-state index contributed by atoms with van der Waals surface area (Å²) >= 11 is 15.7. The average Bonchev–Trinajstić information content (AvgIpc) is 2.45. The summed E-state index contributed by atoms with van der Waals surface area (Å²) in [6.07, 6.45) is 1.08. The predicted octanol–water partition coefficient (Wildman–Crippen LogP) is 6.05. The second-order valence-electron chi connectivity index (χ2n) is 4.61. The van der Waals surface area contributed by atoms with Crippen LogP contribution in [0.3, 0.4) is 0 Å². The van der Waals surface area contributed by atoms with E-state index in [0.717, 1.165) is 29.5 Å². The molecule has 0 aliphatic rings. The summed E-state index contributed by atoms with van der Waals surface area (Å²) in [4.78, 5) is 0. The van der Waals surface area contributed by atoms with Gasteiger partial charge in [0.2, 0.25) is 0 Å². The molecule has 0 unspecified atom stereocenters. The third-order valence-electron chi connectivity index (χ3n) is 2.88. The molecule has 112 valence electrons. The summed E-state index contributed by atoms with van der Waals surface area (Å²) in [5.74, 6) is 1.32. The fourth-order valence-electron chi connectivity index (χ4n) is 1.84. The van der Waals surface area contributed by atoms with Crippen molar-refractivity contribution in [3.8, 4) is 11.5 Å². The van der Waals surface area contributed by atoms with Crippen LogP contribution in [0.15, 0.2) is 40.9 Å². The summed E-state index contributed by atoms with van der Waals surface area (Å²) in [5.41, 5.74) is 1.05. The minimum absolute atomic E-state index is 0.561. The van der Waals surface area contributed by atoms with E-state index < -0.39 is 0 Å². The summed E-state index contributed by atoms with van der Waals surface area (Å²) < 4.78 is 6.86. The molecule has 5 heteroatoms. The van der Waals surface area contributed by atoms with Gasteiger partial charge in [-0.05, 0) is 43.3 Å². The van der Waals surface area contributed by atoms with Crippen LogP contribution in [-0.2, 0) is 6.54 Å². The van der Waals surface area contributed by atoms with Gasteiger partial charge >= 0.3 is 0 Å². The first-order valence-corrected chi connectivity index (χ1v) is 8.27. The van der Waals surface area contributed by atoms with E-state index in [0.29, 0.717) is 21.5 Å². The molecule has 0 bridgehead atoms. The largest absolute Gasteiger partial charge is 0.455 e. The molecule has 0 saturated carbocycles. The molecule has 0 atom stereocenters. The van der Waals surface area contributed by atoms with Crippen LogP contribution in [0, 0.1) is 0 Å². The van der Waals surface area contributed by atoms with E-state index >= 15 is 0 Å². The molecule has 2 nitrogen and oxygen atoms in total. The average molecular weight is 389 g/mol. The first kappa shape index (κ1) is 16.6. The van der Waals surface area contributed by atoms with Crippen molar-refractivity contribution in [2.45, 2.75) is 19.9 Å². The van der Waals surface area contributed by atoms with Crippen LogP contribution in [0.4, 0.5) is 0 Å². The van der Waals surface area contributed by atoms with E-state index in [9.17, 15) is 0 Å². The van der Waals surface area contributed by atoms with E-state index in [4.69, 9.17) is 27.9 Å². The molecule has 0 aliphatic carbocycles. The van der Waals surface area contributed by atoms with Gasteiger partial charge in [0.25, 0.3) is 0 Å². The number of hydrogen-bond donors (Lipinski definition) is 1. The molecule has 0 aliphatic heterocycles. The molecule has 0 radical (unpaired) electrons. The number of ether oxygens (including phenoxy) is 1. The van der Waals surface area contributed by atoms with Gasteiger partial charge in [-0.1, -0.05) is 52.1 Å². The molecule has 0 fully saturated rings. The molecule has 2 rings (SSSR count). The first-order chi connectivity index (χ1) is 10.1. The van der Waals surface area contributed by atoms with Gasteiger partial charge in [0.15, 0.2) is 0 Å². The van der Waals surface area contributed by atoms with Gasteiger partial charge in [-0.25, -0.2) is 0 Å². The number of halogens is 3. The zero-order chi connectivity index (χ0) is 15.2. The summed E-state index contributed by atoms with van der Waals surface area (Å²) in [7, 11) is 0. The Balaban J connectivity index is 2.25.